The molecule has 0 amide bonds. The minimum atomic E-state index is -0.0841. The van der Waals surface area contributed by atoms with Crippen LogP contribution in [0.2, 0.25) is 0 Å². The number of aryl methyl sites for hydroxylation is 1. The Kier molecular flexibility index (Phi) is 5.07. The van der Waals surface area contributed by atoms with Gasteiger partial charge in [0.2, 0.25) is 5.95 Å². The van der Waals surface area contributed by atoms with E-state index >= 15 is 0 Å². The molecule has 1 aliphatic heterocycles. The number of anilines is 3. The van der Waals surface area contributed by atoms with Crippen molar-refractivity contribution in [2.75, 3.05) is 50.6 Å². The summed E-state index contributed by atoms with van der Waals surface area (Å²) in [5, 5.41) is 4.31. The minimum absolute atomic E-state index is 0.0841. The molecular weight excluding hydrogens is 442 g/mol. The lowest BCUT2D eigenvalue weighted by Crippen LogP contribution is -2.44. The van der Waals surface area contributed by atoms with Crippen LogP contribution in [0.3, 0.4) is 0 Å². The molecule has 1 aliphatic rings. The van der Waals surface area contributed by atoms with Crippen molar-refractivity contribution < 1.29 is 4.74 Å². The highest BCUT2D eigenvalue weighted by Gasteiger charge is 2.18. The number of hydrogen-bond donors (Lipinski definition) is 1. The van der Waals surface area contributed by atoms with Crippen LogP contribution in [0, 0.1) is 0 Å². The Hall–Kier alpha value is -4.11. The number of methoxy groups -OCH3 is 1. The number of rotatable bonds is 4. The molecule has 1 fully saturated rings. The minimum Gasteiger partial charge on any atom is -0.494 e. The number of benzene rings is 2. The van der Waals surface area contributed by atoms with Crippen molar-refractivity contribution in [1.29, 1.82) is 0 Å². The molecule has 0 bridgehead atoms. The molecule has 0 radical (unpaired) electrons. The summed E-state index contributed by atoms with van der Waals surface area (Å²) in [6.07, 6.45) is 1.69. The SMILES string of the molecule is COc1cc(N2CCN(C)CC2)ccc1Nc1ncc2c(n1)n1c(cc3ccccc31)c(=O)n2C. The van der Waals surface area contributed by atoms with Gasteiger partial charge in [-0.05, 0) is 31.3 Å². The van der Waals surface area contributed by atoms with Gasteiger partial charge in [-0.3, -0.25) is 9.20 Å². The molecule has 0 atom stereocenters. The highest BCUT2D eigenvalue weighted by atomic mass is 16.5. The second-order valence-electron chi connectivity index (χ2n) is 8.99. The Labute approximate surface area is 202 Å². The molecule has 2 aromatic carbocycles. The monoisotopic (exact) mass is 469 g/mol. The first-order valence-electron chi connectivity index (χ1n) is 11.7. The van der Waals surface area contributed by atoms with Crippen LogP contribution in [-0.2, 0) is 7.05 Å². The Bertz CT molecular complexity index is 1630. The van der Waals surface area contributed by atoms with Crippen molar-refractivity contribution in [3.05, 3.63) is 65.1 Å². The van der Waals surface area contributed by atoms with Gasteiger partial charge in [-0.25, -0.2) is 4.98 Å². The fourth-order valence-corrected chi connectivity index (χ4v) is 4.81. The maximum absolute atomic E-state index is 13.0. The standard InChI is InChI=1S/C26H27N7O2/c1-30-10-12-32(13-11-30)18-8-9-19(23(15-18)35-3)28-26-27-16-22-24(29-26)33-20-7-5-4-6-17(20)14-21(33)25(34)31(22)2/h4-9,14-16H,10-13H2,1-3H3,(H,27,28,29). The number of piperazine rings is 1. The molecule has 0 unspecified atom stereocenters. The Morgan fingerprint density at radius 2 is 1.74 bits per heavy atom. The van der Waals surface area contributed by atoms with Crippen molar-refractivity contribution in [2.24, 2.45) is 7.05 Å². The Balaban J connectivity index is 1.42. The molecule has 4 heterocycles. The van der Waals surface area contributed by atoms with E-state index in [2.05, 4.69) is 39.3 Å². The third-order valence-electron chi connectivity index (χ3n) is 6.86. The zero-order chi connectivity index (χ0) is 24.1. The summed E-state index contributed by atoms with van der Waals surface area (Å²) in [6.45, 7) is 4.05. The van der Waals surface area contributed by atoms with Crippen molar-refractivity contribution >= 4 is 44.9 Å². The number of aromatic nitrogens is 4. The van der Waals surface area contributed by atoms with E-state index in [1.54, 1.807) is 24.9 Å². The Morgan fingerprint density at radius 3 is 2.54 bits per heavy atom. The summed E-state index contributed by atoms with van der Waals surface area (Å²) < 4.78 is 9.21. The molecule has 35 heavy (non-hydrogen) atoms. The van der Waals surface area contributed by atoms with Gasteiger partial charge in [0.25, 0.3) is 5.56 Å². The summed E-state index contributed by atoms with van der Waals surface area (Å²) in [6, 6.07) is 16.0. The van der Waals surface area contributed by atoms with E-state index in [1.807, 2.05) is 40.8 Å². The van der Waals surface area contributed by atoms with Gasteiger partial charge in [0, 0.05) is 50.4 Å². The van der Waals surface area contributed by atoms with Gasteiger partial charge in [-0.2, -0.15) is 4.98 Å². The van der Waals surface area contributed by atoms with Crippen LogP contribution in [0.15, 0.2) is 59.5 Å². The summed E-state index contributed by atoms with van der Waals surface area (Å²) in [7, 11) is 5.57. The summed E-state index contributed by atoms with van der Waals surface area (Å²) in [5.41, 5.74) is 4.67. The van der Waals surface area contributed by atoms with Crippen LogP contribution in [0.5, 0.6) is 5.75 Å². The first-order valence-corrected chi connectivity index (χ1v) is 11.7. The lowest BCUT2D eigenvalue weighted by molar-refractivity contribution is 0.312. The molecule has 1 saturated heterocycles. The normalized spacial score (nSPS) is 14.8. The van der Waals surface area contributed by atoms with Gasteiger partial charge in [0.05, 0.1) is 24.5 Å². The predicted molar refractivity (Wildman–Crippen MR) is 139 cm³/mol. The molecule has 5 aromatic rings. The van der Waals surface area contributed by atoms with E-state index in [-0.39, 0.29) is 5.56 Å². The molecule has 0 saturated carbocycles. The molecule has 1 N–H and O–H groups in total. The van der Waals surface area contributed by atoms with Crippen LogP contribution in [0.25, 0.3) is 27.6 Å². The van der Waals surface area contributed by atoms with Crippen molar-refractivity contribution in [3.8, 4) is 5.75 Å². The highest BCUT2D eigenvalue weighted by Crippen LogP contribution is 2.32. The lowest BCUT2D eigenvalue weighted by Gasteiger charge is -2.34. The zero-order valence-corrected chi connectivity index (χ0v) is 20.0. The van der Waals surface area contributed by atoms with Gasteiger partial charge in [-0.15, -0.1) is 0 Å². The second kappa shape index (κ2) is 8.28. The molecule has 0 spiro atoms. The number of hydrogen-bond acceptors (Lipinski definition) is 7. The van der Waals surface area contributed by atoms with Gasteiger partial charge in [0.15, 0.2) is 5.65 Å². The van der Waals surface area contributed by atoms with Gasteiger partial charge in [0.1, 0.15) is 16.8 Å². The van der Waals surface area contributed by atoms with Crippen molar-refractivity contribution in [3.63, 3.8) is 0 Å². The third-order valence-corrected chi connectivity index (χ3v) is 6.86. The fraction of sp³-hybridized carbons (Fsp3) is 0.269. The predicted octanol–water partition coefficient (Wildman–Crippen LogP) is 3.24. The molecular formula is C26H27N7O2. The van der Waals surface area contributed by atoms with Crippen molar-refractivity contribution in [2.45, 2.75) is 0 Å². The first-order chi connectivity index (χ1) is 17.0. The number of fused-ring (bicyclic) bond motifs is 5. The van der Waals surface area contributed by atoms with E-state index in [4.69, 9.17) is 9.72 Å². The van der Waals surface area contributed by atoms with E-state index in [0.29, 0.717) is 22.6 Å². The maximum Gasteiger partial charge on any atom is 0.275 e. The molecule has 3 aromatic heterocycles. The fourth-order valence-electron chi connectivity index (χ4n) is 4.81. The maximum atomic E-state index is 13.0. The second-order valence-corrected chi connectivity index (χ2v) is 8.99. The van der Waals surface area contributed by atoms with E-state index in [0.717, 1.165) is 54.2 Å². The lowest BCUT2D eigenvalue weighted by atomic mass is 10.2. The smallest absolute Gasteiger partial charge is 0.275 e. The number of ether oxygens (including phenoxy) is 1. The molecule has 6 rings (SSSR count). The van der Waals surface area contributed by atoms with Crippen LogP contribution >= 0.6 is 0 Å². The number of nitrogens with zero attached hydrogens (tertiary/aromatic N) is 6. The number of likely N-dealkylation sites (N-methyl/N-ethyl adjacent to an activating group) is 1. The van der Waals surface area contributed by atoms with Crippen LogP contribution in [0.1, 0.15) is 0 Å². The largest absolute Gasteiger partial charge is 0.494 e. The van der Waals surface area contributed by atoms with Crippen LogP contribution in [-0.4, -0.2) is 64.2 Å². The van der Waals surface area contributed by atoms with Crippen molar-refractivity contribution in [1.82, 2.24) is 23.8 Å². The van der Waals surface area contributed by atoms with E-state index in [1.165, 1.54) is 0 Å². The van der Waals surface area contributed by atoms with Gasteiger partial charge >= 0.3 is 0 Å². The van der Waals surface area contributed by atoms with Gasteiger partial charge < -0.3 is 24.4 Å². The number of para-hydroxylation sites is 1. The quantitative estimate of drug-likeness (QED) is 0.433. The zero-order valence-electron chi connectivity index (χ0n) is 20.0. The third kappa shape index (κ3) is 3.55. The summed E-state index contributed by atoms with van der Waals surface area (Å²) >= 11 is 0. The molecule has 178 valence electrons. The molecule has 9 nitrogen and oxygen atoms in total. The summed E-state index contributed by atoms with van der Waals surface area (Å²) in [5.74, 6) is 1.16. The average molecular weight is 470 g/mol. The average Bonchev–Trinajstić information content (AvgIpc) is 3.28. The van der Waals surface area contributed by atoms with Gasteiger partial charge in [-0.1, -0.05) is 18.2 Å². The molecule has 0 aliphatic carbocycles. The van der Waals surface area contributed by atoms with E-state index < -0.39 is 0 Å². The summed E-state index contributed by atoms with van der Waals surface area (Å²) in [4.78, 5) is 27.0. The van der Waals surface area contributed by atoms with Crippen LogP contribution < -0.4 is 20.5 Å². The highest BCUT2D eigenvalue weighted by molar-refractivity contribution is 5.92. The van der Waals surface area contributed by atoms with E-state index in [9.17, 15) is 4.79 Å². The molecule has 9 heteroatoms. The Morgan fingerprint density at radius 1 is 0.943 bits per heavy atom. The number of nitrogens with one attached hydrogen (secondary N) is 1. The topological polar surface area (TPSA) is 79.9 Å². The first kappa shape index (κ1) is 21.4. The van der Waals surface area contributed by atoms with Crippen LogP contribution in [0.4, 0.5) is 17.3 Å².